The first kappa shape index (κ1) is 17.6. The van der Waals surface area contributed by atoms with E-state index in [1.807, 2.05) is 50.2 Å². The largest absolute Gasteiger partial charge is 0.350 e. The van der Waals surface area contributed by atoms with Crippen LogP contribution in [0.25, 0.3) is 11.3 Å². The van der Waals surface area contributed by atoms with Gasteiger partial charge < -0.3 is 10.6 Å². The molecule has 0 atom stereocenters. The molecule has 5 heteroatoms. The lowest BCUT2D eigenvalue weighted by Crippen LogP contribution is -2.30. The fourth-order valence-electron chi connectivity index (χ4n) is 2.62. The van der Waals surface area contributed by atoms with Gasteiger partial charge in [-0.25, -0.2) is 9.97 Å². The van der Waals surface area contributed by atoms with Crippen molar-refractivity contribution in [1.82, 2.24) is 15.3 Å². The quantitative estimate of drug-likeness (QED) is 0.721. The summed E-state index contributed by atoms with van der Waals surface area (Å²) in [6.07, 6.45) is 1.54. The van der Waals surface area contributed by atoms with Crippen molar-refractivity contribution in [1.29, 1.82) is 0 Å². The zero-order valence-electron chi connectivity index (χ0n) is 15.2. The van der Waals surface area contributed by atoms with Gasteiger partial charge in [-0.05, 0) is 45.0 Å². The van der Waals surface area contributed by atoms with Crippen LogP contribution in [0.1, 0.15) is 29.8 Å². The van der Waals surface area contributed by atoms with E-state index >= 15 is 0 Å². The SMILES string of the molecule is Cc1cccc(-c2cc(Nc3cccc(C(=O)NC(C)C)c3)ncn2)c1. The maximum atomic E-state index is 12.2. The van der Waals surface area contributed by atoms with Gasteiger partial charge >= 0.3 is 0 Å². The third kappa shape index (κ3) is 4.45. The van der Waals surface area contributed by atoms with Gasteiger partial charge in [-0.15, -0.1) is 0 Å². The summed E-state index contributed by atoms with van der Waals surface area (Å²) in [5.41, 5.74) is 4.48. The normalized spacial score (nSPS) is 10.6. The highest BCUT2D eigenvalue weighted by molar-refractivity contribution is 5.95. The molecular weight excluding hydrogens is 324 g/mol. The fourth-order valence-corrected chi connectivity index (χ4v) is 2.62. The highest BCUT2D eigenvalue weighted by Gasteiger charge is 2.08. The molecule has 5 nitrogen and oxygen atoms in total. The average Bonchev–Trinajstić information content (AvgIpc) is 2.62. The summed E-state index contributed by atoms with van der Waals surface area (Å²) in [5.74, 6) is 0.588. The molecular formula is C21H22N4O. The minimum absolute atomic E-state index is 0.0909. The Morgan fingerprint density at radius 1 is 1.00 bits per heavy atom. The van der Waals surface area contributed by atoms with E-state index in [0.29, 0.717) is 11.4 Å². The van der Waals surface area contributed by atoms with Gasteiger partial charge in [-0.3, -0.25) is 4.79 Å². The second kappa shape index (κ2) is 7.78. The summed E-state index contributed by atoms with van der Waals surface area (Å²) in [4.78, 5) is 20.8. The van der Waals surface area contributed by atoms with Crippen LogP contribution < -0.4 is 10.6 Å². The zero-order valence-corrected chi connectivity index (χ0v) is 15.2. The number of nitrogens with one attached hydrogen (secondary N) is 2. The number of carbonyl (C=O) groups is 1. The predicted octanol–water partition coefficient (Wildman–Crippen LogP) is 4.33. The third-order valence-electron chi connectivity index (χ3n) is 3.80. The molecule has 0 saturated carbocycles. The summed E-state index contributed by atoms with van der Waals surface area (Å²) in [7, 11) is 0. The van der Waals surface area contributed by atoms with Gasteiger partial charge in [0.25, 0.3) is 5.91 Å². The highest BCUT2D eigenvalue weighted by Crippen LogP contribution is 2.22. The van der Waals surface area contributed by atoms with Crippen LogP contribution in [-0.2, 0) is 0 Å². The number of benzene rings is 2. The average molecular weight is 346 g/mol. The van der Waals surface area contributed by atoms with Gasteiger partial charge in [0.1, 0.15) is 12.1 Å². The number of rotatable bonds is 5. The Bertz CT molecular complexity index is 921. The molecule has 3 aromatic rings. The van der Waals surface area contributed by atoms with E-state index in [2.05, 4.69) is 39.7 Å². The molecule has 2 N–H and O–H groups in total. The molecule has 0 bridgehead atoms. The lowest BCUT2D eigenvalue weighted by Gasteiger charge is -2.11. The van der Waals surface area contributed by atoms with Gasteiger partial charge in [-0.2, -0.15) is 0 Å². The summed E-state index contributed by atoms with van der Waals surface area (Å²) < 4.78 is 0. The first-order valence-electron chi connectivity index (χ1n) is 8.58. The second-order valence-electron chi connectivity index (χ2n) is 6.49. The molecule has 0 radical (unpaired) electrons. The van der Waals surface area contributed by atoms with Crippen molar-refractivity contribution in [3.8, 4) is 11.3 Å². The highest BCUT2D eigenvalue weighted by atomic mass is 16.1. The number of anilines is 2. The van der Waals surface area contributed by atoms with Crippen LogP contribution in [-0.4, -0.2) is 21.9 Å². The van der Waals surface area contributed by atoms with E-state index in [-0.39, 0.29) is 11.9 Å². The van der Waals surface area contributed by atoms with Gasteiger partial charge in [0.05, 0.1) is 5.69 Å². The van der Waals surface area contributed by atoms with E-state index < -0.39 is 0 Å². The Hall–Kier alpha value is -3.21. The number of aromatic nitrogens is 2. The molecule has 0 saturated heterocycles. The van der Waals surface area contributed by atoms with E-state index in [1.54, 1.807) is 6.07 Å². The topological polar surface area (TPSA) is 66.9 Å². The number of carbonyl (C=O) groups excluding carboxylic acids is 1. The lowest BCUT2D eigenvalue weighted by molar-refractivity contribution is 0.0943. The van der Waals surface area contributed by atoms with E-state index in [1.165, 1.54) is 11.9 Å². The van der Waals surface area contributed by atoms with Crippen LogP contribution in [0.4, 0.5) is 11.5 Å². The van der Waals surface area contributed by atoms with E-state index in [0.717, 1.165) is 16.9 Å². The van der Waals surface area contributed by atoms with Crippen LogP contribution >= 0.6 is 0 Å². The monoisotopic (exact) mass is 346 g/mol. The van der Waals surface area contributed by atoms with Crippen LogP contribution in [0.2, 0.25) is 0 Å². The lowest BCUT2D eigenvalue weighted by atomic mass is 10.1. The number of nitrogens with zero attached hydrogens (tertiary/aromatic N) is 2. The first-order chi connectivity index (χ1) is 12.5. The standard InChI is InChI=1S/C21H22N4O/c1-14(2)24-21(26)17-8-5-9-18(11-17)25-20-12-19(22-13-23-20)16-7-4-6-15(3)10-16/h4-14H,1-3H3,(H,24,26)(H,22,23,25). The molecule has 1 amide bonds. The van der Waals surface area contributed by atoms with Crippen molar-refractivity contribution in [2.45, 2.75) is 26.8 Å². The molecule has 0 unspecified atom stereocenters. The minimum atomic E-state index is -0.0909. The van der Waals surface area contributed by atoms with Crippen LogP contribution in [0.3, 0.4) is 0 Å². The molecule has 0 fully saturated rings. The van der Waals surface area contributed by atoms with Crippen molar-refractivity contribution in [3.63, 3.8) is 0 Å². The Kier molecular flexibility index (Phi) is 5.27. The Labute approximate surface area is 153 Å². The van der Waals surface area contributed by atoms with Gasteiger partial charge in [0.15, 0.2) is 0 Å². The van der Waals surface area contributed by atoms with Gasteiger partial charge in [-0.1, -0.05) is 29.8 Å². The smallest absolute Gasteiger partial charge is 0.251 e. The fraction of sp³-hybridized carbons (Fsp3) is 0.190. The molecule has 132 valence electrons. The molecule has 26 heavy (non-hydrogen) atoms. The number of aryl methyl sites for hydroxylation is 1. The predicted molar refractivity (Wildman–Crippen MR) is 105 cm³/mol. The van der Waals surface area contributed by atoms with E-state index in [9.17, 15) is 4.79 Å². The van der Waals surface area contributed by atoms with Crippen molar-refractivity contribution >= 4 is 17.4 Å². The second-order valence-corrected chi connectivity index (χ2v) is 6.49. The maximum Gasteiger partial charge on any atom is 0.251 e. The van der Waals surface area contributed by atoms with Gasteiger partial charge in [0, 0.05) is 28.9 Å². The van der Waals surface area contributed by atoms with Crippen LogP contribution in [0, 0.1) is 6.92 Å². The van der Waals surface area contributed by atoms with Gasteiger partial charge in [0.2, 0.25) is 0 Å². The maximum absolute atomic E-state index is 12.2. The molecule has 1 heterocycles. The number of amides is 1. The van der Waals surface area contributed by atoms with Crippen LogP contribution in [0.5, 0.6) is 0 Å². The zero-order chi connectivity index (χ0) is 18.5. The Balaban J connectivity index is 1.81. The summed E-state index contributed by atoms with van der Waals surface area (Å²) in [6, 6.07) is 17.5. The van der Waals surface area contributed by atoms with E-state index in [4.69, 9.17) is 0 Å². The molecule has 1 aromatic heterocycles. The Morgan fingerprint density at radius 3 is 2.58 bits per heavy atom. The molecule has 3 rings (SSSR count). The summed E-state index contributed by atoms with van der Waals surface area (Å²) in [6.45, 7) is 5.93. The summed E-state index contributed by atoms with van der Waals surface area (Å²) in [5, 5.41) is 6.14. The van der Waals surface area contributed by atoms with Crippen molar-refractivity contribution in [2.24, 2.45) is 0 Å². The summed E-state index contributed by atoms with van der Waals surface area (Å²) >= 11 is 0. The van der Waals surface area contributed by atoms with Crippen molar-refractivity contribution in [2.75, 3.05) is 5.32 Å². The minimum Gasteiger partial charge on any atom is -0.350 e. The third-order valence-corrected chi connectivity index (χ3v) is 3.80. The molecule has 0 spiro atoms. The first-order valence-corrected chi connectivity index (χ1v) is 8.58. The Morgan fingerprint density at radius 2 is 1.81 bits per heavy atom. The molecule has 0 aliphatic heterocycles. The number of hydrogen-bond acceptors (Lipinski definition) is 4. The molecule has 0 aliphatic carbocycles. The number of hydrogen-bond donors (Lipinski definition) is 2. The van der Waals surface area contributed by atoms with Crippen molar-refractivity contribution in [3.05, 3.63) is 72.1 Å². The molecule has 0 aliphatic rings. The molecule has 2 aromatic carbocycles. The van der Waals surface area contributed by atoms with Crippen molar-refractivity contribution < 1.29 is 4.79 Å². The van der Waals surface area contributed by atoms with Crippen LogP contribution in [0.15, 0.2) is 60.9 Å².